The summed E-state index contributed by atoms with van der Waals surface area (Å²) in [6, 6.07) is 4.11. The van der Waals surface area contributed by atoms with Crippen LogP contribution >= 0.6 is 11.6 Å². The van der Waals surface area contributed by atoms with Gasteiger partial charge in [0, 0.05) is 12.1 Å². The summed E-state index contributed by atoms with van der Waals surface area (Å²) in [5.74, 6) is -0.0834. The molecule has 0 unspecified atom stereocenters. The Morgan fingerprint density at radius 2 is 2.12 bits per heavy atom. The van der Waals surface area contributed by atoms with Crippen molar-refractivity contribution in [3.05, 3.63) is 35.1 Å². The van der Waals surface area contributed by atoms with Crippen LogP contribution in [0.3, 0.4) is 0 Å². The Morgan fingerprint density at radius 3 is 2.69 bits per heavy atom. The van der Waals surface area contributed by atoms with Crippen LogP contribution in [0.5, 0.6) is 0 Å². The zero-order valence-electron chi connectivity index (χ0n) is 14.5. The van der Waals surface area contributed by atoms with Crippen LogP contribution in [0.2, 0.25) is 5.02 Å². The predicted molar refractivity (Wildman–Crippen MR) is 92.9 cm³/mol. The summed E-state index contributed by atoms with van der Waals surface area (Å²) in [5, 5.41) is 6.37. The molecule has 1 atom stereocenters. The minimum Gasteiger partial charge on any atom is -0.444 e. The molecule has 2 aromatic rings. The second-order valence-electron chi connectivity index (χ2n) is 6.48. The van der Waals surface area contributed by atoms with Crippen LogP contribution in [0.25, 0.3) is 11.4 Å². The van der Waals surface area contributed by atoms with Gasteiger partial charge in [0.2, 0.25) is 0 Å². The van der Waals surface area contributed by atoms with Crippen LogP contribution in [0.4, 0.5) is 13.6 Å². The van der Waals surface area contributed by atoms with E-state index in [1.807, 2.05) is 0 Å². The second kappa shape index (κ2) is 7.96. The van der Waals surface area contributed by atoms with Gasteiger partial charge in [-0.25, -0.2) is 9.78 Å². The van der Waals surface area contributed by atoms with Gasteiger partial charge >= 0.3 is 12.6 Å². The molecule has 1 amide bonds. The number of aromatic nitrogens is 3. The molecule has 0 aliphatic rings. The smallest absolute Gasteiger partial charge is 0.408 e. The second-order valence-corrected chi connectivity index (χ2v) is 6.89. The molecule has 1 aromatic carbocycles. The van der Waals surface area contributed by atoms with E-state index in [9.17, 15) is 13.6 Å². The molecule has 142 valence electrons. The normalized spacial score (nSPS) is 12.9. The van der Waals surface area contributed by atoms with E-state index in [0.717, 1.165) is 6.33 Å². The van der Waals surface area contributed by atoms with Gasteiger partial charge < -0.3 is 15.8 Å². The minimum atomic E-state index is -2.86. The number of halogens is 3. The molecule has 26 heavy (non-hydrogen) atoms. The maximum absolute atomic E-state index is 13.1. The number of amides is 1. The maximum atomic E-state index is 13.1. The Hall–Kier alpha value is -2.26. The fraction of sp³-hybridized carbons (Fsp3) is 0.438. The maximum Gasteiger partial charge on any atom is 0.408 e. The number of alkyl carbamates (subject to hydrolysis) is 1. The van der Waals surface area contributed by atoms with Gasteiger partial charge in [-0.2, -0.15) is 18.6 Å². The molecule has 7 nitrogen and oxygen atoms in total. The molecule has 0 spiro atoms. The molecule has 0 radical (unpaired) electrons. The number of ether oxygens (including phenoxy) is 1. The largest absolute Gasteiger partial charge is 0.444 e. The SMILES string of the molecule is CC(C)(C)OC(=O)N[C@H](CN)c1ccc(Cl)c(-c2ncnn2C(F)F)c1. The number of hydrogen-bond donors (Lipinski definition) is 2. The average molecular weight is 388 g/mol. The Kier molecular flexibility index (Phi) is 6.14. The predicted octanol–water partition coefficient (Wildman–Crippen LogP) is 3.52. The molecule has 3 N–H and O–H groups in total. The fourth-order valence-electron chi connectivity index (χ4n) is 2.24. The van der Waals surface area contributed by atoms with Crippen LogP contribution in [-0.4, -0.2) is 33.0 Å². The molecule has 1 heterocycles. The molecule has 10 heteroatoms. The highest BCUT2D eigenvalue weighted by Gasteiger charge is 2.22. The third-order valence-electron chi connectivity index (χ3n) is 3.32. The number of carbonyl (C=O) groups is 1. The third-order valence-corrected chi connectivity index (χ3v) is 3.65. The van der Waals surface area contributed by atoms with E-state index in [0.29, 0.717) is 10.2 Å². The topological polar surface area (TPSA) is 95.1 Å². The number of hydrogen-bond acceptors (Lipinski definition) is 5. The number of nitrogens with one attached hydrogen (secondary N) is 1. The molecule has 2 rings (SSSR count). The van der Waals surface area contributed by atoms with Crippen LogP contribution in [0, 0.1) is 0 Å². The summed E-state index contributed by atoms with van der Waals surface area (Å²) in [6.45, 7) is 2.42. The molecule has 1 aromatic heterocycles. The Morgan fingerprint density at radius 1 is 1.42 bits per heavy atom. The number of benzene rings is 1. The van der Waals surface area contributed by atoms with Gasteiger partial charge in [-0.3, -0.25) is 0 Å². The summed E-state index contributed by atoms with van der Waals surface area (Å²) < 4.78 is 31.8. The Labute approximate surface area is 154 Å². The first-order valence-electron chi connectivity index (χ1n) is 7.79. The van der Waals surface area contributed by atoms with E-state index in [1.54, 1.807) is 32.9 Å². The number of rotatable bonds is 5. The first kappa shape index (κ1) is 20.1. The quantitative estimate of drug-likeness (QED) is 0.818. The third kappa shape index (κ3) is 4.89. The molecule has 0 aliphatic heterocycles. The van der Waals surface area contributed by atoms with E-state index in [1.165, 1.54) is 6.07 Å². The zero-order valence-corrected chi connectivity index (χ0v) is 15.3. The van der Waals surface area contributed by atoms with E-state index >= 15 is 0 Å². The molecule has 0 aliphatic carbocycles. The van der Waals surface area contributed by atoms with Crippen LogP contribution in [-0.2, 0) is 4.74 Å². The lowest BCUT2D eigenvalue weighted by molar-refractivity contribution is 0.0505. The van der Waals surface area contributed by atoms with E-state index in [4.69, 9.17) is 22.1 Å². The van der Waals surface area contributed by atoms with Crippen molar-refractivity contribution < 1.29 is 18.3 Å². The summed E-state index contributed by atoms with van der Waals surface area (Å²) in [7, 11) is 0. The Bertz CT molecular complexity index is 776. The number of alkyl halides is 2. The number of carbonyl (C=O) groups excluding carboxylic acids is 1. The number of nitrogens with zero attached hydrogens (tertiary/aromatic N) is 3. The summed E-state index contributed by atoms with van der Waals surface area (Å²) >= 11 is 6.14. The zero-order chi connectivity index (χ0) is 19.5. The average Bonchev–Trinajstić information content (AvgIpc) is 3.01. The highest BCUT2D eigenvalue weighted by Crippen LogP contribution is 2.31. The van der Waals surface area contributed by atoms with Crippen molar-refractivity contribution in [1.82, 2.24) is 20.1 Å². The molecule has 0 fully saturated rings. The van der Waals surface area contributed by atoms with Gasteiger partial charge in [0.25, 0.3) is 0 Å². The van der Waals surface area contributed by atoms with Crippen molar-refractivity contribution in [2.45, 2.75) is 39.0 Å². The molecule has 0 saturated heterocycles. The van der Waals surface area contributed by atoms with Gasteiger partial charge in [-0.05, 0) is 38.5 Å². The van der Waals surface area contributed by atoms with Gasteiger partial charge in [-0.15, -0.1) is 0 Å². The van der Waals surface area contributed by atoms with Crippen LogP contribution in [0.1, 0.15) is 38.9 Å². The molecular formula is C16H20ClF2N5O2. The molecule has 0 bridgehead atoms. The van der Waals surface area contributed by atoms with Gasteiger partial charge in [0.15, 0.2) is 5.82 Å². The first-order valence-corrected chi connectivity index (χ1v) is 8.17. The van der Waals surface area contributed by atoms with E-state index in [-0.39, 0.29) is 23.0 Å². The first-order chi connectivity index (χ1) is 12.1. The number of nitrogens with two attached hydrogens (primary N) is 1. The van der Waals surface area contributed by atoms with Crippen LogP contribution < -0.4 is 11.1 Å². The van der Waals surface area contributed by atoms with E-state index < -0.39 is 24.3 Å². The minimum absolute atomic E-state index is 0.0713. The highest BCUT2D eigenvalue weighted by atomic mass is 35.5. The molecular weight excluding hydrogens is 368 g/mol. The summed E-state index contributed by atoms with van der Waals surface area (Å²) in [4.78, 5) is 15.8. The monoisotopic (exact) mass is 387 g/mol. The fourth-order valence-corrected chi connectivity index (χ4v) is 2.45. The van der Waals surface area contributed by atoms with Crippen molar-refractivity contribution in [3.63, 3.8) is 0 Å². The van der Waals surface area contributed by atoms with Crippen molar-refractivity contribution in [2.75, 3.05) is 6.54 Å². The van der Waals surface area contributed by atoms with Crippen molar-refractivity contribution in [3.8, 4) is 11.4 Å². The van der Waals surface area contributed by atoms with Crippen molar-refractivity contribution in [2.24, 2.45) is 5.73 Å². The lowest BCUT2D eigenvalue weighted by Gasteiger charge is -2.23. The lowest BCUT2D eigenvalue weighted by atomic mass is 10.0. The van der Waals surface area contributed by atoms with Crippen molar-refractivity contribution >= 4 is 17.7 Å². The highest BCUT2D eigenvalue weighted by molar-refractivity contribution is 6.33. The molecule has 0 saturated carbocycles. The van der Waals surface area contributed by atoms with Gasteiger partial charge in [0.1, 0.15) is 11.9 Å². The van der Waals surface area contributed by atoms with Gasteiger partial charge in [-0.1, -0.05) is 17.7 Å². The van der Waals surface area contributed by atoms with Crippen LogP contribution in [0.15, 0.2) is 24.5 Å². The lowest BCUT2D eigenvalue weighted by Crippen LogP contribution is -2.37. The summed E-state index contributed by atoms with van der Waals surface area (Å²) in [6.07, 6.45) is 0.379. The Balaban J connectivity index is 2.32. The van der Waals surface area contributed by atoms with E-state index in [2.05, 4.69) is 15.4 Å². The summed E-state index contributed by atoms with van der Waals surface area (Å²) in [5.41, 5.74) is 5.91. The van der Waals surface area contributed by atoms with Crippen molar-refractivity contribution in [1.29, 1.82) is 0 Å². The standard InChI is InChI=1S/C16H20ClF2N5O2/c1-16(2,3)26-15(25)23-12(7-20)9-4-5-11(17)10(6-9)13-21-8-22-24(13)14(18)19/h4-6,8,12,14H,7,20H2,1-3H3,(H,23,25)/t12-/m1/s1. The van der Waals surface area contributed by atoms with Gasteiger partial charge in [0.05, 0.1) is 11.1 Å².